The van der Waals surface area contributed by atoms with Crippen molar-refractivity contribution in [1.29, 1.82) is 0 Å². The Bertz CT molecular complexity index is 1350. The van der Waals surface area contributed by atoms with Crippen molar-refractivity contribution < 1.29 is 19.1 Å². The van der Waals surface area contributed by atoms with E-state index in [2.05, 4.69) is 26.8 Å². The van der Waals surface area contributed by atoms with Gasteiger partial charge in [-0.05, 0) is 35.7 Å². The zero-order valence-corrected chi connectivity index (χ0v) is 20.0. The molecule has 35 heavy (non-hydrogen) atoms. The normalized spacial score (nSPS) is 10.7. The summed E-state index contributed by atoms with van der Waals surface area (Å²) in [6.45, 7) is 4.53. The highest BCUT2D eigenvalue weighted by Crippen LogP contribution is 2.26. The van der Waals surface area contributed by atoms with Crippen molar-refractivity contribution >= 4 is 40.1 Å². The van der Waals surface area contributed by atoms with Crippen LogP contribution in [0, 0.1) is 0 Å². The van der Waals surface area contributed by atoms with Gasteiger partial charge in [-0.1, -0.05) is 54.2 Å². The predicted octanol–water partition coefficient (Wildman–Crippen LogP) is 4.71. The molecular formula is C26H24N4O4S. The first-order chi connectivity index (χ1) is 17.1. The molecule has 0 atom stereocenters. The van der Waals surface area contributed by atoms with Crippen molar-refractivity contribution in [2.24, 2.45) is 0 Å². The van der Waals surface area contributed by atoms with Crippen LogP contribution in [0.4, 0.5) is 5.69 Å². The van der Waals surface area contributed by atoms with Crippen LogP contribution in [0.25, 0.3) is 10.8 Å². The van der Waals surface area contributed by atoms with Gasteiger partial charge in [0.1, 0.15) is 12.4 Å². The molecule has 1 amide bonds. The first-order valence-electron chi connectivity index (χ1n) is 10.8. The Labute approximate surface area is 207 Å². The van der Waals surface area contributed by atoms with Gasteiger partial charge in [-0.15, -0.1) is 16.8 Å². The number of ether oxygens (including phenoxy) is 2. The van der Waals surface area contributed by atoms with Gasteiger partial charge < -0.3 is 14.8 Å². The van der Waals surface area contributed by atoms with Crippen LogP contribution >= 0.6 is 11.8 Å². The summed E-state index contributed by atoms with van der Waals surface area (Å²) < 4.78 is 12.6. The molecule has 4 aromatic rings. The zero-order chi connectivity index (χ0) is 24.6. The molecule has 0 bridgehead atoms. The number of carbonyl (C=O) groups is 2. The molecule has 0 unspecified atom stereocenters. The molecule has 1 N–H and O–H groups in total. The van der Waals surface area contributed by atoms with Gasteiger partial charge >= 0.3 is 5.97 Å². The molecule has 0 saturated heterocycles. The van der Waals surface area contributed by atoms with Crippen molar-refractivity contribution in [3.05, 3.63) is 90.8 Å². The van der Waals surface area contributed by atoms with E-state index in [4.69, 9.17) is 4.74 Å². The molecule has 3 aromatic carbocycles. The van der Waals surface area contributed by atoms with Crippen LogP contribution in [0.3, 0.4) is 0 Å². The second-order valence-corrected chi connectivity index (χ2v) is 8.41. The van der Waals surface area contributed by atoms with Crippen LogP contribution in [0.5, 0.6) is 5.75 Å². The minimum Gasteiger partial charge on any atom is -0.485 e. The van der Waals surface area contributed by atoms with Crippen molar-refractivity contribution in [2.45, 2.75) is 18.3 Å². The molecule has 0 radical (unpaired) electrons. The lowest BCUT2D eigenvalue weighted by molar-refractivity contribution is -0.113. The van der Waals surface area contributed by atoms with Crippen molar-refractivity contribution in [2.75, 3.05) is 18.2 Å². The molecule has 0 aliphatic heterocycles. The SMILES string of the molecule is C=CCn1c(COc2cccc3ccccc23)nnc1SCC(=O)Nc1ccc(C(=O)OC)cc1. The van der Waals surface area contributed by atoms with E-state index in [1.54, 1.807) is 30.3 Å². The van der Waals surface area contributed by atoms with E-state index < -0.39 is 5.97 Å². The molecular weight excluding hydrogens is 464 g/mol. The van der Waals surface area contributed by atoms with Crippen LogP contribution in [0.15, 0.2) is 84.5 Å². The Morgan fingerprint density at radius 2 is 1.83 bits per heavy atom. The largest absolute Gasteiger partial charge is 0.485 e. The van der Waals surface area contributed by atoms with E-state index >= 15 is 0 Å². The van der Waals surface area contributed by atoms with Gasteiger partial charge in [0.25, 0.3) is 0 Å². The third-order valence-corrected chi connectivity index (χ3v) is 6.10. The molecule has 0 saturated carbocycles. The number of allylic oxidation sites excluding steroid dienone is 1. The van der Waals surface area contributed by atoms with E-state index in [9.17, 15) is 9.59 Å². The van der Waals surface area contributed by atoms with Crippen LogP contribution in [-0.2, 0) is 22.7 Å². The van der Waals surface area contributed by atoms with Crippen LogP contribution < -0.4 is 10.1 Å². The van der Waals surface area contributed by atoms with Gasteiger partial charge in [0.2, 0.25) is 5.91 Å². The monoisotopic (exact) mass is 488 g/mol. The van der Waals surface area contributed by atoms with Gasteiger partial charge in [-0.2, -0.15) is 0 Å². The predicted molar refractivity (Wildman–Crippen MR) is 136 cm³/mol. The highest BCUT2D eigenvalue weighted by molar-refractivity contribution is 7.99. The summed E-state index contributed by atoms with van der Waals surface area (Å²) in [4.78, 5) is 24.0. The number of thioether (sulfide) groups is 1. The number of nitrogens with zero attached hydrogens (tertiary/aromatic N) is 3. The number of aromatic nitrogens is 3. The second-order valence-electron chi connectivity index (χ2n) is 7.47. The maximum atomic E-state index is 12.4. The maximum absolute atomic E-state index is 12.4. The number of hydrogen-bond acceptors (Lipinski definition) is 7. The summed E-state index contributed by atoms with van der Waals surface area (Å²) in [5, 5.41) is 14.0. The molecule has 8 nitrogen and oxygen atoms in total. The summed E-state index contributed by atoms with van der Waals surface area (Å²) in [5.74, 6) is 0.906. The van der Waals surface area contributed by atoms with Crippen molar-refractivity contribution in [3.63, 3.8) is 0 Å². The van der Waals surface area contributed by atoms with Crippen LogP contribution in [0.2, 0.25) is 0 Å². The average molecular weight is 489 g/mol. The standard InChI is InChI=1S/C26H24N4O4S/c1-3-15-30-23(16-34-22-10-6-8-18-7-4-5-9-21(18)22)28-29-26(30)35-17-24(31)27-20-13-11-19(12-14-20)25(32)33-2/h3-14H,1,15-17H2,2H3,(H,27,31). The Morgan fingerprint density at radius 1 is 1.06 bits per heavy atom. The fourth-order valence-electron chi connectivity index (χ4n) is 3.44. The number of nitrogens with one attached hydrogen (secondary N) is 1. The maximum Gasteiger partial charge on any atom is 0.337 e. The van der Waals surface area contributed by atoms with Crippen molar-refractivity contribution in [1.82, 2.24) is 14.8 Å². The number of hydrogen-bond donors (Lipinski definition) is 1. The zero-order valence-electron chi connectivity index (χ0n) is 19.1. The highest BCUT2D eigenvalue weighted by atomic mass is 32.2. The smallest absolute Gasteiger partial charge is 0.337 e. The third kappa shape index (κ3) is 5.88. The van der Waals surface area contributed by atoms with Gasteiger partial charge in [-0.25, -0.2) is 4.79 Å². The lowest BCUT2D eigenvalue weighted by Crippen LogP contribution is -2.15. The minimum absolute atomic E-state index is 0.137. The number of benzene rings is 3. The summed E-state index contributed by atoms with van der Waals surface area (Å²) in [6, 6.07) is 20.4. The number of methoxy groups -OCH3 is 1. The number of anilines is 1. The first-order valence-corrected chi connectivity index (χ1v) is 11.8. The third-order valence-electron chi connectivity index (χ3n) is 5.13. The fourth-order valence-corrected chi connectivity index (χ4v) is 4.21. The molecule has 0 spiro atoms. The van der Waals surface area contributed by atoms with Gasteiger partial charge in [0.15, 0.2) is 11.0 Å². The molecule has 4 rings (SSSR count). The molecule has 178 valence electrons. The van der Waals surface area contributed by atoms with Gasteiger partial charge in [-0.3, -0.25) is 9.36 Å². The Kier molecular flexibility index (Phi) is 7.79. The number of rotatable bonds is 10. The highest BCUT2D eigenvalue weighted by Gasteiger charge is 2.15. The van der Waals surface area contributed by atoms with Crippen LogP contribution in [0.1, 0.15) is 16.2 Å². The lowest BCUT2D eigenvalue weighted by atomic mass is 10.1. The van der Waals surface area contributed by atoms with E-state index in [1.807, 2.05) is 47.0 Å². The number of fused-ring (bicyclic) bond motifs is 1. The van der Waals surface area contributed by atoms with E-state index in [0.29, 0.717) is 28.8 Å². The van der Waals surface area contributed by atoms with Gasteiger partial charge in [0, 0.05) is 17.6 Å². The molecule has 0 fully saturated rings. The molecule has 0 aliphatic rings. The Balaban J connectivity index is 1.38. The number of carbonyl (C=O) groups excluding carboxylic acids is 2. The Morgan fingerprint density at radius 3 is 2.60 bits per heavy atom. The van der Waals surface area contributed by atoms with E-state index in [-0.39, 0.29) is 18.3 Å². The number of esters is 1. The minimum atomic E-state index is -0.430. The quantitative estimate of drug-likeness (QED) is 0.196. The number of amides is 1. The molecule has 9 heteroatoms. The van der Waals surface area contributed by atoms with Crippen LogP contribution in [-0.4, -0.2) is 39.5 Å². The summed E-state index contributed by atoms with van der Waals surface area (Å²) in [6.07, 6.45) is 1.75. The summed E-state index contributed by atoms with van der Waals surface area (Å²) >= 11 is 1.27. The molecule has 0 aliphatic carbocycles. The summed E-state index contributed by atoms with van der Waals surface area (Å²) in [5.41, 5.74) is 0.996. The lowest BCUT2D eigenvalue weighted by Gasteiger charge is -2.11. The first kappa shape index (κ1) is 24.0. The topological polar surface area (TPSA) is 95.3 Å². The average Bonchev–Trinajstić information content (AvgIpc) is 3.27. The Hall–Kier alpha value is -4.11. The van der Waals surface area contributed by atoms with E-state index in [1.165, 1.54) is 18.9 Å². The van der Waals surface area contributed by atoms with Gasteiger partial charge in [0.05, 0.1) is 18.4 Å². The van der Waals surface area contributed by atoms with E-state index in [0.717, 1.165) is 16.5 Å². The fraction of sp³-hybridized carbons (Fsp3) is 0.154. The second kappa shape index (κ2) is 11.3. The molecule has 1 aromatic heterocycles. The molecule has 1 heterocycles. The summed E-state index contributed by atoms with van der Waals surface area (Å²) in [7, 11) is 1.32. The van der Waals surface area contributed by atoms with Crippen molar-refractivity contribution in [3.8, 4) is 5.75 Å².